The Bertz CT molecular complexity index is 463. The van der Waals surface area contributed by atoms with Gasteiger partial charge in [0.1, 0.15) is 5.41 Å². The topological polar surface area (TPSA) is 55.4 Å². The highest BCUT2D eigenvalue weighted by Gasteiger charge is 2.57. The average Bonchev–Trinajstić information content (AvgIpc) is 3.09. The van der Waals surface area contributed by atoms with Crippen molar-refractivity contribution in [3.05, 3.63) is 21.9 Å². The van der Waals surface area contributed by atoms with Gasteiger partial charge in [-0.25, -0.2) is 0 Å². The molecule has 0 bridgehead atoms. The van der Waals surface area contributed by atoms with Crippen molar-refractivity contribution in [2.24, 2.45) is 5.41 Å². The highest BCUT2D eigenvalue weighted by atomic mass is 32.1. The van der Waals surface area contributed by atoms with Crippen molar-refractivity contribution in [2.75, 3.05) is 13.7 Å². The van der Waals surface area contributed by atoms with Gasteiger partial charge in [0.2, 0.25) is 5.91 Å². The van der Waals surface area contributed by atoms with Crippen molar-refractivity contribution >= 4 is 23.2 Å². The third kappa shape index (κ3) is 2.41. The van der Waals surface area contributed by atoms with Crippen LogP contribution in [0.1, 0.15) is 23.3 Å². The van der Waals surface area contributed by atoms with Crippen LogP contribution in [0.25, 0.3) is 0 Å². The molecule has 1 aliphatic carbocycles. The van der Waals surface area contributed by atoms with Crippen molar-refractivity contribution in [1.82, 2.24) is 5.32 Å². The van der Waals surface area contributed by atoms with E-state index in [9.17, 15) is 9.59 Å². The predicted octanol–water partition coefficient (Wildman–Crippen LogP) is 1.67. The molecule has 0 aliphatic heterocycles. The van der Waals surface area contributed by atoms with Gasteiger partial charge >= 0.3 is 5.97 Å². The van der Waals surface area contributed by atoms with Gasteiger partial charge in [0.15, 0.2) is 0 Å². The third-order valence-corrected chi connectivity index (χ3v) is 4.45. The molecule has 0 unspecified atom stereocenters. The summed E-state index contributed by atoms with van der Waals surface area (Å²) in [4.78, 5) is 24.7. The van der Waals surface area contributed by atoms with Crippen LogP contribution in [0.3, 0.4) is 0 Å². The van der Waals surface area contributed by atoms with Crippen molar-refractivity contribution in [1.29, 1.82) is 0 Å². The molecule has 1 heterocycles. The second-order valence-electron chi connectivity index (χ2n) is 4.61. The van der Waals surface area contributed by atoms with Crippen LogP contribution in [0.4, 0.5) is 0 Å². The van der Waals surface area contributed by atoms with Crippen molar-refractivity contribution in [2.45, 2.75) is 26.2 Å². The Labute approximate surface area is 110 Å². The Morgan fingerprint density at radius 2 is 2.22 bits per heavy atom. The van der Waals surface area contributed by atoms with E-state index in [4.69, 9.17) is 0 Å². The van der Waals surface area contributed by atoms with Crippen molar-refractivity contribution < 1.29 is 14.3 Å². The molecule has 1 aromatic rings. The summed E-state index contributed by atoms with van der Waals surface area (Å²) < 4.78 is 4.67. The molecule has 1 saturated carbocycles. The number of amides is 1. The van der Waals surface area contributed by atoms with E-state index in [1.165, 1.54) is 17.6 Å². The van der Waals surface area contributed by atoms with Crippen LogP contribution in [0.15, 0.2) is 11.4 Å². The number of rotatable bonds is 5. The molecule has 1 aliphatic rings. The maximum Gasteiger partial charge on any atom is 0.321 e. The van der Waals surface area contributed by atoms with Crippen LogP contribution in [0, 0.1) is 12.3 Å². The second-order valence-corrected chi connectivity index (χ2v) is 5.61. The highest BCUT2D eigenvalue weighted by Crippen LogP contribution is 2.46. The summed E-state index contributed by atoms with van der Waals surface area (Å²) >= 11 is 1.69. The van der Waals surface area contributed by atoms with E-state index in [1.54, 1.807) is 11.3 Å². The SMILES string of the molecule is COC(=O)C1(C(=O)NCCc2sccc2C)CC1. The maximum absolute atomic E-state index is 11.9. The molecule has 0 spiro atoms. The normalized spacial score (nSPS) is 16.1. The van der Waals surface area contributed by atoms with Gasteiger partial charge < -0.3 is 10.1 Å². The average molecular weight is 267 g/mol. The van der Waals surface area contributed by atoms with Gasteiger partial charge in [-0.1, -0.05) is 0 Å². The first-order chi connectivity index (χ1) is 8.60. The molecule has 0 saturated heterocycles. The van der Waals surface area contributed by atoms with Crippen molar-refractivity contribution in [3.63, 3.8) is 0 Å². The van der Waals surface area contributed by atoms with Gasteiger partial charge in [-0.3, -0.25) is 9.59 Å². The molecule has 0 radical (unpaired) electrons. The number of nitrogens with one attached hydrogen (secondary N) is 1. The molecule has 1 amide bonds. The van der Waals surface area contributed by atoms with E-state index in [0.29, 0.717) is 19.4 Å². The van der Waals surface area contributed by atoms with Gasteiger partial charge in [0.05, 0.1) is 7.11 Å². The highest BCUT2D eigenvalue weighted by molar-refractivity contribution is 7.10. The largest absolute Gasteiger partial charge is 0.468 e. The minimum absolute atomic E-state index is 0.191. The first-order valence-electron chi connectivity index (χ1n) is 6.00. The maximum atomic E-state index is 11.9. The summed E-state index contributed by atoms with van der Waals surface area (Å²) in [7, 11) is 1.32. The lowest BCUT2D eigenvalue weighted by Crippen LogP contribution is -2.38. The first-order valence-corrected chi connectivity index (χ1v) is 6.88. The molecule has 1 fully saturated rings. The first kappa shape index (κ1) is 13.1. The number of thiophene rings is 1. The summed E-state index contributed by atoms with van der Waals surface area (Å²) in [6.07, 6.45) is 2.01. The fourth-order valence-corrected chi connectivity index (χ4v) is 2.87. The number of methoxy groups -OCH3 is 1. The summed E-state index contributed by atoms with van der Waals surface area (Å²) in [5, 5.41) is 4.88. The molecule has 1 N–H and O–H groups in total. The molecule has 1 aromatic heterocycles. The predicted molar refractivity (Wildman–Crippen MR) is 69.5 cm³/mol. The summed E-state index contributed by atoms with van der Waals surface area (Å²) in [6.45, 7) is 2.63. The molecule has 0 atom stereocenters. The Hall–Kier alpha value is -1.36. The fraction of sp³-hybridized carbons (Fsp3) is 0.538. The minimum atomic E-state index is -0.890. The zero-order chi connectivity index (χ0) is 13.2. The molecule has 2 rings (SSSR count). The zero-order valence-corrected chi connectivity index (χ0v) is 11.4. The van der Waals surface area contributed by atoms with Gasteiger partial charge in [0.25, 0.3) is 0 Å². The molecule has 5 heteroatoms. The van der Waals surface area contributed by atoms with E-state index >= 15 is 0 Å². The van der Waals surface area contributed by atoms with Crippen molar-refractivity contribution in [3.8, 4) is 0 Å². The van der Waals surface area contributed by atoms with E-state index in [1.807, 2.05) is 5.38 Å². The number of hydrogen-bond acceptors (Lipinski definition) is 4. The minimum Gasteiger partial charge on any atom is -0.468 e. The number of ether oxygens (including phenoxy) is 1. The molecule has 4 nitrogen and oxygen atoms in total. The number of hydrogen-bond donors (Lipinski definition) is 1. The van der Waals surface area contributed by atoms with Gasteiger partial charge in [-0.05, 0) is 43.2 Å². The van der Waals surface area contributed by atoms with E-state index in [2.05, 4.69) is 23.0 Å². The van der Waals surface area contributed by atoms with Crippen LogP contribution in [-0.4, -0.2) is 25.5 Å². The Morgan fingerprint density at radius 3 is 2.72 bits per heavy atom. The van der Waals surface area contributed by atoms with E-state index < -0.39 is 11.4 Å². The summed E-state index contributed by atoms with van der Waals surface area (Å²) in [6, 6.07) is 2.07. The quantitative estimate of drug-likeness (QED) is 0.652. The standard InChI is InChI=1S/C13H17NO3S/c1-9-4-8-18-10(9)3-7-14-11(15)13(5-6-13)12(16)17-2/h4,8H,3,5-7H2,1-2H3,(H,14,15). The number of esters is 1. The van der Waals surface area contributed by atoms with E-state index in [0.717, 1.165) is 6.42 Å². The van der Waals surface area contributed by atoms with Gasteiger partial charge in [-0.2, -0.15) is 0 Å². The monoisotopic (exact) mass is 267 g/mol. The lowest BCUT2D eigenvalue weighted by molar-refractivity contribution is -0.152. The molecular weight excluding hydrogens is 250 g/mol. The smallest absolute Gasteiger partial charge is 0.321 e. The van der Waals surface area contributed by atoms with Crippen LogP contribution in [0.5, 0.6) is 0 Å². The fourth-order valence-electron chi connectivity index (χ4n) is 1.96. The molecule has 18 heavy (non-hydrogen) atoms. The number of carbonyl (C=O) groups excluding carboxylic acids is 2. The number of aryl methyl sites for hydroxylation is 1. The van der Waals surface area contributed by atoms with Gasteiger partial charge in [-0.15, -0.1) is 11.3 Å². The van der Waals surface area contributed by atoms with E-state index in [-0.39, 0.29) is 5.91 Å². The Kier molecular flexibility index (Phi) is 3.71. The van der Waals surface area contributed by atoms with Gasteiger partial charge in [0, 0.05) is 11.4 Å². The van der Waals surface area contributed by atoms with Crippen LogP contribution < -0.4 is 5.32 Å². The lowest BCUT2D eigenvalue weighted by atomic mass is 10.1. The zero-order valence-electron chi connectivity index (χ0n) is 10.6. The molecule has 98 valence electrons. The lowest BCUT2D eigenvalue weighted by Gasteiger charge is -2.12. The summed E-state index contributed by atoms with van der Waals surface area (Å²) in [5.74, 6) is -0.601. The second kappa shape index (κ2) is 5.10. The Balaban J connectivity index is 1.83. The van der Waals surface area contributed by atoms with Crippen LogP contribution >= 0.6 is 11.3 Å². The molecule has 0 aromatic carbocycles. The van der Waals surface area contributed by atoms with Crippen LogP contribution in [-0.2, 0) is 20.7 Å². The summed E-state index contributed by atoms with van der Waals surface area (Å²) in [5.41, 5.74) is 0.363. The van der Waals surface area contributed by atoms with Crippen LogP contribution in [0.2, 0.25) is 0 Å². The number of carbonyl (C=O) groups is 2. The third-order valence-electron chi connectivity index (χ3n) is 3.37. The molecular formula is C13H17NO3S. The Morgan fingerprint density at radius 1 is 1.50 bits per heavy atom.